The van der Waals surface area contributed by atoms with Gasteiger partial charge in [0.2, 0.25) is 11.8 Å². The van der Waals surface area contributed by atoms with Gasteiger partial charge in [-0.3, -0.25) is 14.5 Å². The molecule has 0 radical (unpaired) electrons. The molecule has 148 valence electrons. The Bertz CT molecular complexity index is 668. The molecule has 2 fully saturated rings. The zero-order valence-corrected chi connectivity index (χ0v) is 16.1. The van der Waals surface area contributed by atoms with E-state index < -0.39 is 6.04 Å². The lowest BCUT2D eigenvalue weighted by molar-refractivity contribution is -0.145. The minimum Gasteiger partial charge on any atom is -0.378 e. The average Bonchev–Trinajstić information content (AvgIpc) is 2.68. The number of nitrogens with zero attached hydrogens (tertiary/aromatic N) is 3. The summed E-state index contributed by atoms with van der Waals surface area (Å²) in [5.41, 5.74) is 0.650. The summed E-state index contributed by atoms with van der Waals surface area (Å²) in [5, 5.41) is 0. The van der Waals surface area contributed by atoms with Gasteiger partial charge in [0.1, 0.15) is 11.9 Å². The van der Waals surface area contributed by atoms with Crippen LogP contribution in [0.15, 0.2) is 24.3 Å². The van der Waals surface area contributed by atoms with E-state index in [1.807, 2.05) is 23.9 Å². The molecule has 0 unspecified atom stereocenters. The zero-order valence-electron chi connectivity index (χ0n) is 16.1. The van der Waals surface area contributed by atoms with Crippen molar-refractivity contribution in [2.45, 2.75) is 18.9 Å². The maximum atomic E-state index is 13.6. The first-order chi connectivity index (χ1) is 13.0. The number of likely N-dealkylation sites (tertiary alicyclic amines) is 1. The van der Waals surface area contributed by atoms with Crippen LogP contribution in [-0.4, -0.2) is 80.0 Å². The highest BCUT2D eigenvalue weighted by Crippen LogP contribution is 2.26. The van der Waals surface area contributed by atoms with Crippen LogP contribution in [0.5, 0.6) is 0 Å². The van der Waals surface area contributed by atoms with E-state index in [2.05, 4.69) is 0 Å². The summed E-state index contributed by atoms with van der Waals surface area (Å²) in [5.74, 6) is -0.233. The summed E-state index contributed by atoms with van der Waals surface area (Å²) in [6.45, 7) is 3.61. The Morgan fingerprint density at radius 1 is 1.11 bits per heavy atom. The van der Waals surface area contributed by atoms with E-state index in [9.17, 15) is 14.0 Å². The Morgan fingerprint density at radius 3 is 2.37 bits per heavy atom. The maximum absolute atomic E-state index is 13.6. The molecule has 2 saturated heterocycles. The molecule has 2 aliphatic rings. The number of amides is 2. The Hall–Kier alpha value is -1.99. The Morgan fingerprint density at radius 2 is 1.78 bits per heavy atom. The molecule has 2 aliphatic heterocycles. The molecule has 1 aromatic rings. The van der Waals surface area contributed by atoms with Gasteiger partial charge in [-0.25, -0.2) is 4.39 Å². The molecule has 0 bridgehead atoms. The highest BCUT2D eigenvalue weighted by atomic mass is 19.1. The van der Waals surface area contributed by atoms with Crippen molar-refractivity contribution in [2.24, 2.45) is 5.92 Å². The van der Waals surface area contributed by atoms with Crippen molar-refractivity contribution >= 4 is 11.8 Å². The lowest BCUT2D eigenvalue weighted by Crippen LogP contribution is -2.49. The van der Waals surface area contributed by atoms with E-state index in [1.165, 1.54) is 12.1 Å². The first-order valence-corrected chi connectivity index (χ1v) is 9.54. The molecule has 0 aliphatic carbocycles. The predicted octanol–water partition coefficient (Wildman–Crippen LogP) is 1.53. The molecule has 0 saturated carbocycles. The molecule has 0 aromatic heterocycles. The Kier molecular flexibility index (Phi) is 6.44. The van der Waals surface area contributed by atoms with Crippen molar-refractivity contribution in [3.05, 3.63) is 35.6 Å². The van der Waals surface area contributed by atoms with Gasteiger partial charge in [-0.15, -0.1) is 0 Å². The molecule has 2 amide bonds. The van der Waals surface area contributed by atoms with Crippen LogP contribution in [0.2, 0.25) is 0 Å². The van der Waals surface area contributed by atoms with E-state index in [4.69, 9.17) is 4.74 Å². The summed E-state index contributed by atoms with van der Waals surface area (Å²) in [6, 6.07) is 5.68. The van der Waals surface area contributed by atoms with Gasteiger partial charge in [-0.2, -0.15) is 0 Å². The highest BCUT2D eigenvalue weighted by molar-refractivity contribution is 5.84. The number of hydrogen-bond donors (Lipinski definition) is 0. The molecular weight excluding hydrogens is 349 g/mol. The van der Waals surface area contributed by atoms with Crippen molar-refractivity contribution in [1.29, 1.82) is 0 Å². The summed E-state index contributed by atoms with van der Waals surface area (Å²) < 4.78 is 18.9. The number of likely N-dealkylation sites (N-methyl/N-ethyl adjacent to an activating group) is 1. The quantitative estimate of drug-likeness (QED) is 0.799. The smallest absolute Gasteiger partial charge is 0.244 e. The van der Waals surface area contributed by atoms with Gasteiger partial charge in [-0.1, -0.05) is 12.1 Å². The van der Waals surface area contributed by atoms with Gasteiger partial charge in [0.15, 0.2) is 0 Å². The zero-order chi connectivity index (χ0) is 19.4. The third-order valence-corrected chi connectivity index (χ3v) is 5.39. The third kappa shape index (κ3) is 4.65. The topological polar surface area (TPSA) is 53.1 Å². The van der Waals surface area contributed by atoms with E-state index in [-0.39, 0.29) is 23.5 Å². The lowest BCUT2D eigenvalue weighted by Gasteiger charge is -2.37. The van der Waals surface area contributed by atoms with E-state index in [1.54, 1.807) is 17.0 Å². The molecule has 7 heteroatoms. The number of halogens is 1. The van der Waals surface area contributed by atoms with Crippen LogP contribution >= 0.6 is 0 Å². The van der Waals surface area contributed by atoms with Crippen LogP contribution in [0.1, 0.15) is 24.4 Å². The molecular formula is C20H28FN3O3. The largest absolute Gasteiger partial charge is 0.378 e. The Labute approximate surface area is 159 Å². The van der Waals surface area contributed by atoms with Crippen molar-refractivity contribution in [1.82, 2.24) is 14.7 Å². The molecule has 2 heterocycles. The van der Waals surface area contributed by atoms with Gasteiger partial charge >= 0.3 is 0 Å². The number of ether oxygens (including phenoxy) is 1. The van der Waals surface area contributed by atoms with E-state index >= 15 is 0 Å². The second kappa shape index (κ2) is 8.80. The van der Waals surface area contributed by atoms with Gasteiger partial charge in [0, 0.05) is 32.1 Å². The lowest BCUT2D eigenvalue weighted by atomic mass is 9.94. The SMILES string of the molecule is CN(C)[C@H](C(=O)N1CCC(C(=O)N2CCOCC2)CC1)c1cccc(F)c1. The van der Waals surface area contributed by atoms with Crippen molar-refractivity contribution in [3.63, 3.8) is 0 Å². The summed E-state index contributed by atoms with van der Waals surface area (Å²) >= 11 is 0. The number of carbonyl (C=O) groups excluding carboxylic acids is 2. The van der Waals surface area contributed by atoms with Gasteiger partial charge < -0.3 is 14.5 Å². The fraction of sp³-hybridized carbons (Fsp3) is 0.600. The van der Waals surface area contributed by atoms with Crippen LogP contribution in [0.25, 0.3) is 0 Å². The highest BCUT2D eigenvalue weighted by Gasteiger charge is 2.34. The fourth-order valence-corrected chi connectivity index (χ4v) is 3.90. The number of rotatable bonds is 4. The molecule has 1 atom stereocenters. The minimum atomic E-state index is -0.521. The fourth-order valence-electron chi connectivity index (χ4n) is 3.90. The maximum Gasteiger partial charge on any atom is 0.244 e. The first-order valence-electron chi connectivity index (χ1n) is 9.54. The number of hydrogen-bond acceptors (Lipinski definition) is 4. The molecule has 0 spiro atoms. The van der Waals surface area contributed by atoms with E-state index in [0.29, 0.717) is 57.8 Å². The van der Waals surface area contributed by atoms with Crippen LogP contribution in [0.3, 0.4) is 0 Å². The van der Waals surface area contributed by atoms with Crippen LogP contribution in [0.4, 0.5) is 4.39 Å². The molecule has 6 nitrogen and oxygen atoms in total. The number of benzene rings is 1. The van der Waals surface area contributed by atoms with Crippen molar-refractivity contribution in [3.8, 4) is 0 Å². The number of morpholine rings is 1. The Balaban J connectivity index is 1.62. The monoisotopic (exact) mass is 377 g/mol. The van der Waals surface area contributed by atoms with Crippen LogP contribution in [-0.2, 0) is 14.3 Å². The van der Waals surface area contributed by atoms with Gasteiger partial charge in [0.05, 0.1) is 13.2 Å². The van der Waals surface area contributed by atoms with E-state index in [0.717, 1.165) is 0 Å². The summed E-state index contributed by atoms with van der Waals surface area (Å²) in [4.78, 5) is 31.2. The summed E-state index contributed by atoms with van der Waals surface area (Å²) in [7, 11) is 3.64. The number of piperidine rings is 1. The molecule has 3 rings (SSSR count). The molecule has 1 aromatic carbocycles. The van der Waals surface area contributed by atoms with Crippen LogP contribution in [0, 0.1) is 11.7 Å². The number of carbonyl (C=O) groups is 2. The average molecular weight is 377 g/mol. The van der Waals surface area contributed by atoms with Crippen molar-refractivity contribution < 1.29 is 18.7 Å². The second-order valence-corrected chi connectivity index (χ2v) is 7.46. The standard InChI is InChI=1S/C20H28FN3O3/c1-22(2)18(16-4-3-5-17(21)14-16)20(26)23-8-6-15(7-9-23)19(25)24-10-12-27-13-11-24/h3-5,14-15,18H,6-13H2,1-2H3/t18-/m0/s1. The first kappa shape index (κ1) is 19.8. The minimum absolute atomic E-state index is 0.0286. The molecule has 0 N–H and O–H groups in total. The van der Waals surface area contributed by atoms with Gasteiger partial charge in [-0.05, 0) is 44.6 Å². The van der Waals surface area contributed by atoms with Gasteiger partial charge in [0.25, 0.3) is 0 Å². The normalized spacial score (nSPS) is 20.0. The predicted molar refractivity (Wildman–Crippen MR) is 99.5 cm³/mol. The second-order valence-electron chi connectivity index (χ2n) is 7.46. The van der Waals surface area contributed by atoms with Crippen molar-refractivity contribution in [2.75, 3.05) is 53.5 Å². The molecule has 27 heavy (non-hydrogen) atoms. The van der Waals surface area contributed by atoms with Crippen LogP contribution < -0.4 is 0 Å². The third-order valence-electron chi connectivity index (χ3n) is 5.39. The summed E-state index contributed by atoms with van der Waals surface area (Å²) in [6.07, 6.45) is 1.34.